The zero-order valence-electron chi connectivity index (χ0n) is 9.22. The van der Waals surface area contributed by atoms with Gasteiger partial charge in [-0.15, -0.1) is 0 Å². The lowest BCUT2D eigenvalue weighted by Gasteiger charge is -2.13. The summed E-state index contributed by atoms with van der Waals surface area (Å²) in [5.74, 6) is 0.289. The Bertz CT molecular complexity index is 526. The van der Waals surface area contributed by atoms with Crippen LogP contribution in [0.4, 0.5) is 13.2 Å². The molecule has 0 aliphatic heterocycles. The van der Waals surface area contributed by atoms with Crippen LogP contribution in [-0.2, 0) is 6.18 Å². The van der Waals surface area contributed by atoms with Gasteiger partial charge in [0.05, 0.1) is 11.6 Å². The number of nitrogens with zero attached hydrogens (tertiary/aromatic N) is 2. The highest BCUT2D eigenvalue weighted by atomic mass is 19.4. The molecular formula is C12H10F3N3. The Hall–Kier alpha value is -1.95. The van der Waals surface area contributed by atoms with E-state index in [1.54, 1.807) is 6.07 Å². The molecule has 94 valence electrons. The summed E-state index contributed by atoms with van der Waals surface area (Å²) < 4.78 is 37.7. The van der Waals surface area contributed by atoms with Crippen LogP contribution in [0.25, 0.3) is 0 Å². The van der Waals surface area contributed by atoms with Gasteiger partial charge in [0.25, 0.3) is 0 Å². The van der Waals surface area contributed by atoms with Gasteiger partial charge < -0.3 is 5.73 Å². The van der Waals surface area contributed by atoms with Crippen molar-refractivity contribution in [1.82, 2.24) is 9.97 Å². The third kappa shape index (κ3) is 2.65. The molecule has 1 unspecified atom stereocenters. The Morgan fingerprint density at radius 3 is 2.33 bits per heavy atom. The van der Waals surface area contributed by atoms with Gasteiger partial charge in [-0.2, -0.15) is 13.2 Å². The first-order valence-corrected chi connectivity index (χ1v) is 5.18. The molecule has 0 bridgehead atoms. The van der Waals surface area contributed by atoms with Gasteiger partial charge in [0, 0.05) is 12.4 Å². The van der Waals surface area contributed by atoms with Gasteiger partial charge in [0.2, 0.25) is 0 Å². The molecule has 0 amide bonds. The van der Waals surface area contributed by atoms with Gasteiger partial charge in [-0.1, -0.05) is 12.1 Å². The molecule has 2 N–H and O–H groups in total. The van der Waals surface area contributed by atoms with E-state index in [1.807, 2.05) is 0 Å². The molecular weight excluding hydrogens is 243 g/mol. The molecule has 1 aromatic heterocycles. The lowest BCUT2D eigenvalue weighted by molar-refractivity contribution is -0.137. The molecule has 0 aliphatic rings. The van der Waals surface area contributed by atoms with Crippen LogP contribution in [0.1, 0.15) is 23.0 Å². The number of halogens is 3. The van der Waals surface area contributed by atoms with E-state index in [9.17, 15) is 13.2 Å². The highest BCUT2D eigenvalue weighted by molar-refractivity contribution is 5.30. The van der Waals surface area contributed by atoms with Gasteiger partial charge in [-0.05, 0) is 23.8 Å². The first kappa shape index (κ1) is 12.5. The largest absolute Gasteiger partial charge is 0.416 e. The second-order valence-corrected chi connectivity index (χ2v) is 3.71. The van der Waals surface area contributed by atoms with Gasteiger partial charge in [0.15, 0.2) is 0 Å². The summed E-state index contributed by atoms with van der Waals surface area (Å²) in [6, 6.07) is 5.70. The van der Waals surface area contributed by atoms with Gasteiger partial charge in [-0.3, -0.25) is 0 Å². The van der Waals surface area contributed by atoms with Crippen molar-refractivity contribution in [2.75, 3.05) is 0 Å². The maximum Gasteiger partial charge on any atom is 0.416 e. The summed E-state index contributed by atoms with van der Waals surface area (Å²) in [5, 5.41) is 0. The van der Waals surface area contributed by atoms with Crippen LogP contribution < -0.4 is 5.73 Å². The lowest BCUT2D eigenvalue weighted by atomic mass is 10.0. The van der Waals surface area contributed by atoms with Crippen LogP contribution in [0.15, 0.2) is 42.7 Å². The van der Waals surface area contributed by atoms with Crippen LogP contribution in [0, 0.1) is 0 Å². The molecule has 0 fully saturated rings. The highest BCUT2D eigenvalue weighted by Crippen LogP contribution is 2.30. The van der Waals surface area contributed by atoms with Crippen molar-refractivity contribution in [1.29, 1.82) is 0 Å². The Kier molecular flexibility index (Phi) is 3.29. The summed E-state index contributed by atoms with van der Waals surface area (Å²) >= 11 is 0. The Morgan fingerprint density at radius 2 is 1.72 bits per heavy atom. The van der Waals surface area contributed by atoms with Crippen molar-refractivity contribution in [3.05, 3.63) is 59.7 Å². The fraction of sp³-hybridized carbons (Fsp3) is 0.167. The molecule has 0 saturated heterocycles. The van der Waals surface area contributed by atoms with E-state index in [-0.39, 0.29) is 5.82 Å². The molecule has 1 heterocycles. The fourth-order valence-electron chi connectivity index (χ4n) is 1.53. The van der Waals surface area contributed by atoms with Crippen molar-refractivity contribution >= 4 is 0 Å². The van der Waals surface area contributed by atoms with E-state index >= 15 is 0 Å². The number of alkyl halides is 3. The highest BCUT2D eigenvalue weighted by Gasteiger charge is 2.30. The Balaban J connectivity index is 2.35. The van der Waals surface area contributed by atoms with Gasteiger partial charge >= 0.3 is 6.18 Å². The summed E-state index contributed by atoms with van der Waals surface area (Å²) in [6.07, 6.45) is -1.39. The zero-order chi connectivity index (χ0) is 13.2. The van der Waals surface area contributed by atoms with E-state index in [4.69, 9.17) is 5.73 Å². The molecule has 0 saturated carbocycles. The fourth-order valence-corrected chi connectivity index (χ4v) is 1.53. The molecule has 0 spiro atoms. The van der Waals surface area contributed by atoms with Gasteiger partial charge in [0.1, 0.15) is 5.82 Å². The zero-order valence-corrected chi connectivity index (χ0v) is 9.22. The quantitative estimate of drug-likeness (QED) is 0.894. The predicted octanol–water partition coefficient (Wildman–Crippen LogP) is 2.54. The second-order valence-electron chi connectivity index (χ2n) is 3.71. The van der Waals surface area contributed by atoms with E-state index in [1.165, 1.54) is 24.5 Å². The van der Waals surface area contributed by atoms with Crippen molar-refractivity contribution < 1.29 is 13.2 Å². The van der Waals surface area contributed by atoms with E-state index in [0.29, 0.717) is 5.56 Å². The third-order valence-corrected chi connectivity index (χ3v) is 2.44. The number of hydrogen-bond donors (Lipinski definition) is 1. The van der Waals surface area contributed by atoms with Crippen molar-refractivity contribution in [3.63, 3.8) is 0 Å². The standard InChI is InChI=1S/C12H10F3N3/c13-12(14,15)9-4-1-3-8(7-9)10(16)11-17-5-2-6-18-11/h1-7,10H,16H2. The molecule has 6 heteroatoms. The smallest absolute Gasteiger partial charge is 0.318 e. The second kappa shape index (κ2) is 4.73. The molecule has 0 radical (unpaired) electrons. The molecule has 18 heavy (non-hydrogen) atoms. The number of nitrogens with two attached hydrogens (primary N) is 1. The minimum Gasteiger partial charge on any atom is -0.318 e. The molecule has 1 aromatic carbocycles. The maximum absolute atomic E-state index is 12.6. The molecule has 3 nitrogen and oxygen atoms in total. The van der Waals surface area contributed by atoms with Crippen molar-refractivity contribution in [3.8, 4) is 0 Å². The van der Waals surface area contributed by atoms with Crippen LogP contribution in [0.5, 0.6) is 0 Å². The van der Waals surface area contributed by atoms with Crippen LogP contribution in [-0.4, -0.2) is 9.97 Å². The number of rotatable bonds is 2. The first-order valence-electron chi connectivity index (χ1n) is 5.18. The summed E-state index contributed by atoms with van der Waals surface area (Å²) in [4.78, 5) is 7.86. The predicted molar refractivity (Wildman–Crippen MR) is 59.5 cm³/mol. The normalized spacial score (nSPS) is 13.3. The number of aromatic nitrogens is 2. The average Bonchev–Trinajstić information content (AvgIpc) is 2.38. The van der Waals surface area contributed by atoms with E-state index in [2.05, 4.69) is 9.97 Å². The minimum atomic E-state index is -4.38. The Morgan fingerprint density at radius 1 is 1.06 bits per heavy atom. The third-order valence-electron chi connectivity index (χ3n) is 2.44. The molecule has 1 atom stereocenters. The first-order chi connectivity index (χ1) is 8.48. The van der Waals surface area contributed by atoms with Crippen molar-refractivity contribution in [2.45, 2.75) is 12.2 Å². The topological polar surface area (TPSA) is 51.8 Å². The summed E-state index contributed by atoms with van der Waals surface area (Å²) in [5.41, 5.74) is 5.44. The SMILES string of the molecule is NC(c1cccc(C(F)(F)F)c1)c1ncccn1. The molecule has 0 aliphatic carbocycles. The van der Waals surface area contributed by atoms with Crippen LogP contribution in [0.3, 0.4) is 0 Å². The van der Waals surface area contributed by atoms with Crippen LogP contribution >= 0.6 is 0 Å². The van der Waals surface area contributed by atoms with E-state index < -0.39 is 17.8 Å². The van der Waals surface area contributed by atoms with Gasteiger partial charge in [-0.25, -0.2) is 9.97 Å². The maximum atomic E-state index is 12.6. The summed E-state index contributed by atoms with van der Waals surface area (Å²) in [6.45, 7) is 0. The monoisotopic (exact) mass is 253 g/mol. The lowest BCUT2D eigenvalue weighted by Crippen LogP contribution is -2.16. The minimum absolute atomic E-state index is 0.289. The van der Waals surface area contributed by atoms with Crippen molar-refractivity contribution in [2.24, 2.45) is 5.73 Å². The number of hydrogen-bond acceptors (Lipinski definition) is 3. The number of benzene rings is 1. The van der Waals surface area contributed by atoms with Crippen LogP contribution in [0.2, 0.25) is 0 Å². The summed E-state index contributed by atoms with van der Waals surface area (Å²) in [7, 11) is 0. The Labute approximate surface area is 101 Å². The average molecular weight is 253 g/mol. The van der Waals surface area contributed by atoms with E-state index in [0.717, 1.165) is 12.1 Å². The molecule has 2 aromatic rings. The molecule has 2 rings (SSSR count).